The van der Waals surface area contributed by atoms with Gasteiger partial charge in [0.15, 0.2) is 0 Å². The summed E-state index contributed by atoms with van der Waals surface area (Å²) >= 11 is 3.39. The lowest BCUT2D eigenvalue weighted by atomic mass is 10.1. The van der Waals surface area contributed by atoms with Crippen LogP contribution in [0.15, 0.2) is 29.2 Å². The highest BCUT2D eigenvalue weighted by atomic mass is 32.2. The number of nitrogens with one attached hydrogen (secondary N) is 1. The van der Waals surface area contributed by atoms with Crippen LogP contribution in [0.1, 0.15) is 15.6 Å². The third-order valence-electron chi connectivity index (χ3n) is 3.44. The highest BCUT2D eigenvalue weighted by Crippen LogP contribution is 2.25. The number of anilines is 1. The minimum absolute atomic E-state index is 0.814. The molecule has 0 saturated carbocycles. The first-order chi connectivity index (χ1) is 10.7. The summed E-state index contributed by atoms with van der Waals surface area (Å²) in [6.45, 7) is 4.92. The Morgan fingerprint density at radius 2 is 2.05 bits per heavy atom. The molecule has 0 aliphatic heterocycles. The van der Waals surface area contributed by atoms with Gasteiger partial charge in [-0.15, -0.1) is 33.3 Å². The lowest BCUT2D eigenvalue weighted by Crippen LogP contribution is -2.06. The Bertz CT molecular complexity index is 798. The molecule has 0 fully saturated rings. The molecule has 0 radical (unpaired) electrons. The lowest BCUT2D eigenvalue weighted by Gasteiger charge is -2.09. The highest BCUT2D eigenvalue weighted by Gasteiger charge is 2.05. The van der Waals surface area contributed by atoms with Crippen LogP contribution in [0.3, 0.4) is 0 Å². The van der Waals surface area contributed by atoms with Gasteiger partial charge in [0.2, 0.25) is 0 Å². The number of hydrogen-bond donors (Lipinski definition) is 1. The Morgan fingerprint density at radius 1 is 1.18 bits per heavy atom. The van der Waals surface area contributed by atoms with Crippen LogP contribution < -0.4 is 5.32 Å². The van der Waals surface area contributed by atoms with Gasteiger partial charge < -0.3 is 5.32 Å². The zero-order valence-electron chi connectivity index (χ0n) is 12.9. The van der Waals surface area contributed by atoms with Crippen LogP contribution >= 0.6 is 23.1 Å². The number of aromatic nitrogens is 3. The molecule has 22 heavy (non-hydrogen) atoms. The van der Waals surface area contributed by atoms with Crippen LogP contribution in [-0.4, -0.2) is 28.0 Å². The molecule has 6 heteroatoms. The first-order valence-electron chi connectivity index (χ1n) is 7.14. The molecule has 3 rings (SSSR count). The molecule has 4 nitrogen and oxygen atoms in total. The van der Waals surface area contributed by atoms with Crippen LogP contribution in [0.5, 0.6) is 0 Å². The second kappa shape index (κ2) is 6.62. The third kappa shape index (κ3) is 3.39. The van der Waals surface area contributed by atoms with Crippen molar-refractivity contribution in [3.05, 3.63) is 39.8 Å². The molecule has 0 amide bonds. The Kier molecular flexibility index (Phi) is 4.59. The van der Waals surface area contributed by atoms with Gasteiger partial charge in [0.25, 0.3) is 0 Å². The molecule has 0 saturated heterocycles. The van der Waals surface area contributed by atoms with E-state index in [1.807, 2.05) is 6.92 Å². The predicted octanol–water partition coefficient (Wildman–Crippen LogP) is 4.08. The normalized spacial score (nSPS) is 11.0. The van der Waals surface area contributed by atoms with Crippen molar-refractivity contribution in [2.75, 3.05) is 18.1 Å². The van der Waals surface area contributed by atoms with E-state index in [9.17, 15) is 0 Å². The molecule has 2 aromatic heterocycles. The van der Waals surface area contributed by atoms with Crippen molar-refractivity contribution < 1.29 is 0 Å². The molecule has 0 aliphatic carbocycles. The molecule has 3 aromatic rings. The van der Waals surface area contributed by atoms with Gasteiger partial charge in [-0.2, -0.15) is 0 Å². The van der Waals surface area contributed by atoms with E-state index >= 15 is 0 Å². The van der Waals surface area contributed by atoms with E-state index in [4.69, 9.17) is 4.98 Å². The molecule has 0 spiro atoms. The van der Waals surface area contributed by atoms with Gasteiger partial charge in [0.1, 0.15) is 15.8 Å². The zero-order chi connectivity index (χ0) is 15.5. The Morgan fingerprint density at radius 3 is 2.77 bits per heavy atom. The topological polar surface area (TPSA) is 50.7 Å². The molecule has 1 aromatic carbocycles. The lowest BCUT2D eigenvalue weighted by molar-refractivity contribution is 0.927. The van der Waals surface area contributed by atoms with Gasteiger partial charge in [-0.25, -0.2) is 4.98 Å². The number of fused-ring (bicyclic) bond motifs is 1. The van der Waals surface area contributed by atoms with Crippen molar-refractivity contribution in [3.63, 3.8) is 0 Å². The monoisotopic (exact) mass is 330 g/mol. The van der Waals surface area contributed by atoms with Crippen LogP contribution in [0.25, 0.3) is 10.9 Å². The summed E-state index contributed by atoms with van der Waals surface area (Å²) in [7, 11) is 0. The summed E-state index contributed by atoms with van der Waals surface area (Å²) in [5.74, 6) is 0.921. The second-order valence-electron chi connectivity index (χ2n) is 5.10. The average molecular weight is 330 g/mol. The van der Waals surface area contributed by atoms with E-state index in [-0.39, 0.29) is 0 Å². The van der Waals surface area contributed by atoms with Crippen LogP contribution in [-0.2, 0) is 6.42 Å². The Labute approximate surface area is 138 Å². The quantitative estimate of drug-likeness (QED) is 0.714. The van der Waals surface area contributed by atoms with E-state index in [2.05, 4.69) is 53.0 Å². The molecule has 1 N–H and O–H groups in total. The minimum atomic E-state index is 0.814. The average Bonchev–Trinajstić information content (AvgIpc) is 2.92. The van der Waals surface area contributed by atoms with E-state index in [0.29, 0.717) is 0 Å². The molecular formula is C16H18N4S2. The predicted molar refractivity (Wildman–Crippen MR) is 95.1 cm³/mol. The second-order valence-corrected chi connectivity index (χ2v) is 7.24. The third-order valence-corrected chi connectivity index (χ3v) is 5.06. The van der Waals surface area contributed by atoms with Gasteiger partial charge in [0, 0.05) is 23.2 Å². The van der Waals surface area contributed by atoms with Crippen molar-refractivity contribution in [1.29, 1.82) is 0 Å². The molecule has 0 aliphatic rings. The standard InChI is InChI=1S/C16H18N4S2/c1-10-8-15(17-7-6-16-20-19-11(2)22-16)18-14-9-12(21-3)4-5-13(10)14/h4-5,8-9H,6-7H2,1-3H3,(H,17,18). The largest absolute Gasteiger partial charge is 0.370 e. The van der Waals surface area contributed by atoms with Crippen molar-refractivity contribution in [3.8, 4) is 0 Å². The summed E-state index contributed by atoms with van der Waals surface area (Å²) < 4.78 is 0. The molecule has 0 unspecified atom stereocenters. The number of aryl methyl sites for hydroxylation is 2. The van der Waals surface area contributed by atoms with Crippen LogP contribution in [0.4, 0.5) is 5.82 Å². The van der Waals surface area contributed by atoms with Crippen LogP contribution in [0, 0.1) is 13.8 Å². The van der Waals surface area contributed by atoms with Crippen molar-refractivity contribution in [2.45, 2.75) is 25.2 Å². The molecule has 114 valence electrons. The fourth-order valence-corrected chi connectivity index (χ4v) is 3.48. The van der Waals surface area contributed by atoms with Gasteiger partial charge in [-0.05, 0) is 43.9 Å². The zero-order valence-corrected chi connectivity index (χ0v) is 14.5. The SMILES string of the molecule is CSc1ccc2c(C)cc(NCCc3nnc(C)s3)nc2c1. The number of hydrogen-bond acceptors (Lipinski definition) is 6. The van der Waals surface area contributed by atoms with Gasteiger partial charge >= 0.3 is 0 Å². The first kappa shape index (κ1) is 15.2. The first-order valence-corrected chi connectivity index (χ1v) is 9.18. The van der Waals surface area contributed by atoms with E-state index in [0.717, 1.165) is 34.3 Å². The Balaban J connectivity index is 1.75. The highest BCUT2D eigenvalue weighted by molar-refractivity contribution is 7.98. The maximum absolute atomic E-state index is 4.72. The summed E-state index contributed by atoms with van der Waals surface area (Å²) in [5.41, 5.74) is 2.29. The maximum Gasteiger partial charge on any atom is 0.126 e. The van der Waals surface area contributed by atoms with Gasteiger partial charge in [-0.1, -0.05) is 6.07 Å². The number of thioether (sulfide) groups is 1. The summed E-state index contributed by atoms with van der Waals surface area (Å²) in [6, 6.07) is 8.54. The molecule has 0 bridgehead atoms. The summed E-state index contributed by atoms with van der Waals surface area (Å²) in [4.78, 5) is 5.96. The molecule has 2 heterocycles. The molecule has 0 atom stereocenters. The van der Waals surface area contributed by atoms with Crippen molar-refractivity contribution >= 4 is 39.8 Å². The minimum Gasteiger partial charge on any atom is -0.370 e. The van der Waals surface area contributed by atoms with Crippen molar-refractivity contribution in [1.82, 2.24) is 15.2 Å². The van der Waals surface area contributed by atoms with Crippen molar-refractivity contribution in [2.24, 2.45) is 0 Å². The fourth-order valence-electron chi connectivity index (χ4n) is 2.34. The number of pyridine rings is 1. The number of nitrogens with zero attached hydrogens (tertiary/aromatic N) is 3. The van der Waals surface area contributed by atoms with Gasteiger partial charge in [-0.3, -0.25) is 0 Å². The van der Waals surface area contributed by atoms with Gasteiger partial charge in [0.05, 0.1) is 5.52 Å². The number of rotatable bonds is 5. The van der Waals surface area contributed by atoms with E-state index in [1.54, 1.807) is 23.1 Å². The summed E-state index contributed by atoms with van der Waals surface area (Å²) in [5, 5.41) is 14.9. The smallest absolute Gasteiger partial charge is 0.126 e. The van der Waals surface area contributed by atoms with E-state index < -0.39 is 0 Å². The fraction of sp³-hybridized carbons (Fsp3) is 0.312. The number of benzene rings is 1. The van der Waals surface area contributed by atoms with E-state index in [1.165, 1.54) is 15.8 Å². The Hall–Kier alpha value is -1.66. The summed E-state index contributed by atoms with van der Waals surface area (Å²) in [6.07, 6.45) is 2.95. The maximum atomic E-state index is 4.72. The van der Waals surface area contributed by atoms with Crippen LogP contribution in [0.2, 0.25) is 0 Å². The molecular weight excluding hydrogens is 312 g/mol.